The highest BCUT2D eigenvalue weighted by Crippen LogP contribution is 2.24. The van der Waals surface area contributed by atoms with Gasteiger partial charge < -0.3 is 4.90 Å². The van der Waals surface area contributed by atoms with Crippen LogP contribution in [0.1, 0.15) is 11.1 Å². The van der Waals surface area contributed by atoms with E-state index in [1.165, 1.54) is 46.6 Å². The van der Waals surface area contributed by atoms with Gasteiger partial charge >= 0.3 is 0 Å². The van der Waals surface area contributed by atoms with Crippen molar-refractivity contribution < 1.29 is 17.6 Å². The Balaban J connectivity index is 1.67. The van der Waals surface area contributed by atoms with Crippen LogP contribution >= 0.6 is 11.6 Å². The highest BCUT2D eigenvalue weighted by molar-refractivity contribution is 7.92. The molecule has 3 aromatic carbocycles. The third kappa shape index (κ3) is 5.42. The van der Waals surface area contributed by atoms with E-state index in [0.29, 0.717) is 16.3 Å². The number of nitrogens with zero attached hydrogens (tertiary/aromatic N) is 2. The molecule has 0 N–H and O–H groups in total. The maximum Gasteiger partial charge on any atom is 0.264 e. The lowest BCUT2D eigenvalue weighted by Gasteiger charge is -2.20. The number of benzene rings is 3. The van der Waals surface area contributed by atoms with Gasteiger partial charge in [0.1, 0.15) is 5.82 Å². The molecule has 0 unspecified atom stereocenters. The van der Waals surface area contributed by atoms with Gasteiger partial charge in [0.15, 0.2) is 0 Å². The normalized spacial score (nSPS) is 11.2. The molecule has 0 radical (unpaired) electrons. The zero-order chi connectivity index (χ0) is 22.6. The van der Waals surface area contributed by atoms with E-state index in [-0.39, 0.29) is 29.6 Å². The number of hydrogen-bond donors (Lipinski definition) is 0. The van der Waals surface area contributed by atoms with Gasteiger partial charge in [-0.3, -0.25) is 9.10 Å². The van der Waals surface area contributed by atoms with Gasteiger partial charge in [-0.2, -0.15) is 0 Å². The zero-order valence-electron chi connectivity index (χ0n) is 17.1. The van der Waals surface area contributed by atoms with E-state index >= 15 is 0 Å². The van der Waals surface area contributed by atoms with Crippen LogP contribution in [0.2, 0.25) is 5.02 Å². The van der Waals surface area contributed by atoms with E-state index in [1.807, 2.05) is 0 Å². The van der Waals surface area contributed by atoms with E-state index in [4.69, 9.17) is 11.6 Å². The predicted molar refractivity (Wildman–Crippen MR) is 120 cm³/mol. The molecule has 3 rings (SSSR count). The lowest BCUT2D eigenvalue weighted by atomic mass is 10.1. The minimum Gasteiger partial charge on any atom is -0.341 e. The molecule has 0 aliphatic rings. The van der Waals surface area contributed by atoms with Crippen molar-refractivity contribution >= 4 is 33.2 Å². The Morgan fingerprint density at radius 3 is 2.16 bits per heavy atom. The quantitative estimate of drug-likeness (QED) is 0.521. The fourth-order valence-corrected chi connectivity index (χ4v) is 4.33. The molecule has 31 heavy (non-hydrogen) atoms. The van der Waals surface area contributed by atoms with E-state index < -0.39 is 10.0 Å². The second-order valence-electron chi connectivity index (χ2n) is 7.11. The van der Waals surface area contributed by atoms with Crippen molar-refractivity contribution in [2.24, 2.45) is 0 Å². The Bertz CT molecular complexity index is 1170. The average Bonchev–Trinajstić information content (AvgIpc) is 2.75. The minimum atomic E-state index is -3.73. The Labute approximate surface area is 186 Å². The number of likely N-dealkylation sites (N-methyl/N-ethyl adjacent to an activating group) is 1. The summed E-state index contributed by atoms with van der Waals surface area (Å²) in [7, 11) is -0.648. The van der Waals surface area contributed by atoms with Crippen LogP contribution in [0.5, 0.6) is 0 Å². The summed E-state index contributed by atoms with van der Waals surface area (Å²) in [5, 5.41) is 0.454. The van der Waals surface area contributed by atoms with Crippen molar-refractivity contribution in [3.63, 3.8) is 0 Å². The smallest absolute Gasteiger partial charge is 0.264 e. The van der Waals surface area contributed by atoms with Crippen molar-refractivity contribution in [2.45, 2.75) is 17.9 Å². The fraction of sp³-hybridized carbons (Fsp3) is 0.174. The predicted octanol–water partition coefficient (Wildman–Crippen LogP) is 4.51. The summed E-state index contributed by atoms with van der Waals surface area (Å²) in [5.41, 5.74) is 1.64. The topological polar surface area (TPSA) is 57.7 Å². The average molecular weight is 461 g/mol. The molecule has 5 nitrogen and oxygen atoms in total. The molecule has 0 aliphatic carbocycles. The molecule has 0 aliphatic heterocycles. The molecule has 0 saturated heterocycles. The molecule has 3 aromatic rings. The number of rotatable bonds is 7. The SMILES string of the molecule is CN(Cc1ccccc1F)C(=O)Cc1ccc(N(C)S(=O)(=O)c2ccc(Cl)cc2)cc1. The third-order valence-electron chi connectivity index (χ3n) is 4.92. The van der Waals surface area contributed by atoms with Crippen LogP contribution in [0.4, 0.5) is 10.1 Å². The van der Waals surface area contributed by atoms with E-state index in [1.54, 1.807) is 49.5 Å². The van der Waals surface area contributed by atoms with Gasteiger partial charge in [0.05, 0.1) is 17.0 Å². The summed E-state index contributed by atoms with van der Waals surface area (Å²) in [6, 6.07) is 19.0. The minimum absolute atomic E-state index is 0.124. The van der Waals surface area contributed by atoms with Crippen LogP contribution in [0.3, 0.4) is 0 Å². The molecule has 0 heterocycles. The van der Waals surface area contributed by atoms with Crippen LogP contribution < -0.4 is 4.31 Å². The summed E-state index contributed by atoms with van der Waals surface area (Å²) >= 11 is 5.83. The highest BCUT2D eigenvalue weighted by Gasteiger charge is 2.21. The standard InChI is InChI=1S/C23H22ClFN2O3S/c1-26(16-18-5-3-4-6-22(18)25)23(28)15-17-7-11-20(12-8-17)27(2)31(29,30)21-13-9-19(24)10-14-21/h3-14H,15-16H2,1-2H3. The summed E-state index contributed by atoms with van der Waals surface area (Å²) in [6.07, 6.45) is 0.124. The summed E-state index contributed by atoms with van der Waals surface area (Å²) in [5.74, 6) is -0.519. The molecule has 0 spiro atoms. The van der Waals surface area contributed by atoms with Crippen LogP contribution in [-0.4, -0.2) is 33.3 Å². The van der Waals surface area contributed by atoms with Crippen LogP contribution in [0.25, 0.3) is 0 Å². The number of sulfonamides is 1. The molecule has 8 heteroatoms. The maximum atomic E-state index is 13.8. The van der Waals surface area contributed by atoms with Gasteiger partial charge in [-0.1, -0.05) is 41.9 Å². The zero-order valence-corrected chi connectivity index (χ0v) is 18.7. The molecule has 0 saturated carbocycles. The van der Waals surface area contributed by atoms with Crippen molar-refractivity contribution in [3.8, 4) is 0 Å². The molecular formula is C23H22ClFN2O3S. The fourth-order valence-electron chi connectivity index (χ4n) is 3.01. The highest BCUT2D eigenvalue weighted by atomic mass is 35.5. The molecule has 1 amide bonds. The first-order chi connectivity index (χ1) is 14.7. The van der Waals surface area contributed by atoms with Crippen molar-refractivity contribution in [1.82, 2.24) is 4.90 Å². The van der Waals surface area contributed by atoms with Crippen molar-refractivity contribution in [1.29, 1.82) is 0 Å². The summed E-state index contributed by atoms with van der Waals surface area (Å²) in [6.45, 7) is 0.172. The largest absolute Gasteiger partial charge is 0.341 e. The van der Waals surface area contributed by atoms with Crippen molar-refractivity contribution in [2.75, 3.05) is 18.4 Å². The van der Waals surface area contributed by atoms with Gasteiger partial charge in [0.25, 0.3) is 10.0 Å². The first-order valence-corrected chi connectivity index (χ1v) is 11.3. The first kappa shape index (κ1) is 22.8. The number of carbonyl (C=O) groups is 1. The molecular weight excluding hydrogens is 439 g/mol. The van der Waals surface area contributed by atoms with Crippen LogP contribution in [0.15, 0.2) is 77.7 Å². The van der Waals surface area contributed by atoms with Gasteiger partial charge in [0, 0.05) is 31.2 Å². The third-order valence-corrected chi connectivity index (χ3v) is 6.97. The second-order valence-corrected chi connectivity index (χ2v) is 9.52. The first-order valence-electron chi connectivity index (χ1n) is 9.49. The Kier molecular flexibility index (Phi) is 6.97. The van der Waals surface area contributed by atoms with Crippen LogP contribution in [-0.2, 0) is 27.8 Å². The molecule has 0 bridgehead atoms. The number of hydrogen-bond acceptors (Lipinski definition) is 3. The Morgan fingerprint density at radius 2 is 1.55 bits per heavy atom. The monoisotopic (exact) mass is 460 g/mol. The van der Waals surface area contributed by atoms with Crippen molar-refractivity contribution in [3.05, 3.63) is 94.8 Å². The van der Waals surface area contributed by atoms with E-state index in [9.17, 15) is 17.6 Å². The van der Waals surface area contributed by atoms with Gasteiger partial charge in [-0.15, -0.1) is 0 Å². The molecule has 0 aromatic heterocycles. The number of amides is 1. The number of halogens is 2. The summed E-state index contributed by atoms with van der Waals surface area (Å²) in [4.78, 5) is 14.1. The Hall–Kier alpha value is -2.90. The lowest BCUT2D eigenvalue weighted by Crippen LogP contribution is -2.28. The van der Waals surface area contributed by atoms with Gasteiger partial charge in [-0.05, 0) is 48.0 Å². The summed E-state index contributed by atoms with van der Waals surface area (Å²) < 4.78 is 40.6. The molecule has 162 valence electrons. The Morgan fingerprint density at radius 1 is 0.935 bits per heavy atom. The maximum absolute atomic E-state index is 13.8. The van der Waals surface area contributed by atoms with E-state index in [2.05, 4.69) is 0 Å². The van der Waals surface area contributed by atoms with Gasteiger partial charge in [0.2, 0.25) is 5.91 Å². The second kappa shape index (κ2) is 9.49. The lowest BCUT2D eigenvalue weighted by molar-refractivity contribution is -0.129. The number of carbonyl (C=O) groups excluding carboxylic acids is 1. The molecule has 0 fully saturated rings. The number of anilines is 1. The van der Waals surface area contributed by atoms with Gasteiger partial charge in [-0.25, -0.2) is 12.8 Å². The molecule has 0 atom stereocenters. The van der Waals surface area contributed by atoms with Crippen LogP contribution in [0, 0.1) is 5.82 Å². The van der Waals surface area contributed by atoms with E-state index in [0.717, 1.165) is 5.56 Å².